The van der Waals surface area contributed by atoms with E-state index in [1.165, 1.54) is 0 Å². The Balaban J connectivity index is 0.00000364. The summed E-state index contributed by atoms with van der Waals surface area (Å²) in [5.41, 5.74) is 2.78. The SMILES string of the molecule is CCNC(=O)c1ccc(CNC(=NC)N(C)Cc2ccccc2Cl)cc1.I. The molecule has 27 heavy (non-hydrogen) atoms. The summed E-state index contributed by atoms with van der Waals surface area (Å²) in [7, 11) is 3.72. The van der Waals surface area contributed by atoms with Gasteiger partial charge in [0.2, 0.25) is 0 Å². The van der Waals surface area contributed by atoms with Crippen molar-refractivity contribution in [2.75, 3.05) is 20.6 Å². The minimum absolute atomic E-state index is 0. The molecule has 2 aromatic rings. The van der Waals surface area contributed by atoms with E-state index in [9.17, 15) is 4.79 Å². The number of hydrogen-bond donors (Lipinski definition) is 2. The molecule has 0 saturated carbocycles. The van der Waals surface area contributed by atoms with E-state index >= 15 is 0 Å². The highest BCUT2D eigenvalue weighted by atomic mass is 127. The summed E-state index contributed by atoms with van der Waals surface area (Å²) in [6.07, 6.45) is 0. The Labute approximate surface area is 183 Å². The number of rotatable bonds is 6. The number of carbonyl (C=O) groups excluding carboxylic acids is 1. The van der Waals surface area contributed by atoms with Crippen molar-refractivity contribution in [2.24, 2.45) is 4.99 Å². The number of carbonyl (C=O) groups is 1. The van der Waals surface area contributed by atoms with Gasteiger partial charge in [0, 0.05) is 44.3 Å². The van der Waals surface area contributed by atoms with Crippen molar-refractivity contribution in [2.45, 2.75) is 20.0 Å². The van der Waals surface area contributed by atoms with E-state index < -0.39 is 0 Å². The van der Waals surface area contributed by atoms with Crippen molar-refractivity contribution in [3.8, 4) is 0 Å². The summed E-state index contributed by atoms with van der Waals surface area (Å²) in [6, 6.07) is 15.3. The van der Waals surface area contributed by atoms with Crippen LogP contribution in [0.3, 0.4) is 0 Å². The van der Waals surface area contributed by atoms with Crippen LogP contribution in [0.1, 0.15) is 28.4 Å². The van der Waals surface area contributed by atoms with E-state index in [4.69, 9.17) is 11.6 Å². The van der Waals surface area contributed by atoms with Gasteiger partial charge in [-0.3, -0.25) is 9.79 Å². The van der Waals surface area contributed by atoms with E-state index in [0.29, 0.717) is 25.2 Å². The van der Waals surface area contributed by atoms with Crippen LogP contribution >= 0.6 is 35.6 Å². The molecule has 1 amide bonds. The Hall–Kier alpha value is -1.80. The maximum absolute atomic E-state index is 11.8. The van der Waals surface area contributed by atoms with Gasteiger partial charge in [-0.2, -0.15) is 0 Å². The fourth-order valence-electron chi connectivity index (χ4n) is 2.56. The minimum atomic E-state index is -0.0534. The number of hydrogen-bond acceptors (Lipinski definition) is 2. The Kier molecular flexibility index (Phi) is 10.2. The molecule has 0 atom stereocenters. The van der Waals surface area contributed by atoms with Gasteiger partial charge in [0.1, 0.15) is 0 Å². The Bertz CT molecular complexity index is 765. The molecule has 0 aromatic heterocycles. The average Bonchev–Trinajstić information content (AvgIpc) is 2.65. The molecule has 7 heteroatoms. The minimum Gasteiger partial charge on any atom is -0.352 e. The molecule has 5 nitrogen and oxygen atoms in total. The lowest BCUT2D eigenvalue weighted by Gasteiger charge is -2.22. The number of benzene rings is 2. The summed E-state index contributed by atoms with van der Waals surface area (Å²) < 4.78 is 0. The topological polar surface area (TPSA) is 56.7 Å². The zero-order chi connectivity index (χ0) is 18.9. The van der Waals surface area contributed by atoms with Crippen molar-refractivity contribution in [1.82, 2.24) is 15.5 Å². The molecule has 0 aliphatic heterocycles. The molecule has 2 N–H and O–H groups in total. The average molecular weight is 501 g/mol. The molecule has 2 rings (SSSR count). The first kappa shape index (κ1) is 23.2. The molecule has 0 aliphatic carbocycles. The maximum Gasteiger partial charge on any atom is 0.251 e. The molecule has 0 bridgehead atoms. The van der Waals surface area contributed by atoms with Crippen LogP contribution in [0.4, 0.5) is 0 Å². The number of guanidine groups is 1. The zero-order valence-electron chi connectivity index (χ0n) is 15.8. The van der Waals surface area contributed by atoms with Gasteiger partial charge in [-0.1, -0.05) is 41.9 Å². The predicted molar refractivity (Wildman–Crippen MR) is 123 cm³/mol. The predicted octanol–water partition coefficient (Wildman–Crippen LogP) is 3.92. The lowest BCUT2D eigenvalue weighted by molar-refractivity contribution is 0.0956. The lowest BCUT2D eigenvalue weighted by Crippen LogP contribution is -2.38. The number of nitrogens with one attached hydrogen (secondary N) is 2. The number of aliphatic imine (C=N–C) groups is 1. The maximum atomic E-state index is 11.8. The van der Waals surface area contributed by atoms with E-state index in [1.807, 2.05) is 67.4 Å². The van der Waals surface area contributed by atoms with Gasteiger partial charge in [0.05, 0.1) is 0 Å². The molecule has 0 fully saturated rings. The summed E-state index contributed by atoms with van der Waals surface area (Å²) in [6.45, 7) is 3.81. The Morgan fingerprint density at radius 1 is 1.11 bits per heavy atom. The van der Waals surface area contributed by atoms with Crippen molar-refractivity contribution in [1.29, 1.82) is 0 Å². The van der Waals surface area contributed by atoms with Crippen molar-refractivity contribution >= 4 is 47.4 Å². The van der Waals surface area contributed by atoms with Crippen LogP contribution in [0.25, 0.3) is 0 Å². The van der Waals surface area contributed by atoms with Gasteiger partial charge in [-0.25, -0.2) is 0 Å². The first-order valence-electron chi connectivity index (χ1n) is 8.57. The van der Waals surface area contributed by atoms with Crippen LogP contribution in [0.5, 0.6) is 0 Å². The fourth-order valence-corrected chi connectivity index (χ4v) is 2.75. The third-order valence-electron chi connectivity index (χ3n) is 3.94. The first-order valence-corrected chi connectivity index (χ1v) is 8.95. The highest BCUT2D eigenvalue weighted by Gasteiger charge is 2.09. The third-order valence-corrected chi connectivity index (χ3v) is 4.31. The summed E-state index contributed by atoms with van der Waals surface area (Å²) >= 11 is 6.23. The van der Waals surface area contributed by atoms with Crippen molar-refractivity contribution in [3.63, 3.8) is 0 Å². The summed E-state index contributed by atoms with van der Waals surface area (Å²) in [5.74, 6) is 0.722. The van der Waals surface area contributed by atoms with Crippen LogP contribution in [0.15, 0.2) is 53.5 Å². The highest BCUT2D eigenvalue weighted by molar-refractivity contribution is 14.0. The normalized spacial score (nSPS) is 10.7. The second-order valence-electron chi connectivity index (χ2n) is 5.90. The molecular weight excluding hydrogens is 475 g/mol. The molecule has 146 valence electrons. The first-order chi connectivity index (χ1) is 12.5. The lowest BCUT2D eigenvalue weighted by atomic mass is 10.1. The van der Waals surface area contributed by atoms with Gasteiger partial charge in [0.25, 0.3) is 5.91 Å². The van der Waals surface area contributed by atoms with E-state index in [0.717, 1.165) is 22.1 Å². The molecule has 0 heterocycles. The van der Waals surface area contributed by atoms with Gasteiger partial charge in [-0.05, 0) is 36.2 Å². The molecule has 0 unspecified atom stereocenters. The Morgan fingerprint density at radius 2 is 1.78 bits per heavy atom. The second-order valence-corrected chi connectivity index (χ2v) is 6.31. The molecule has 0 spiro atoms. The third kappa shape index (κ3) is 7.03. The molecule has 0 saturated heterocycles. The number of halogens is 2. The Morgan fingerprint density at radius 3 is 2.37 bits per heavy atom. The largest absolute Gasteiger partial charge is 0.352 e. The smallest absolute Gasteiger partial charge is 0.251 e. The van der Waals surface area contributed by atoms with E-state index in [2.05, 4.69) is 15.6 Å². The molecule has 2 aromatic carbocycles. The van der Waals surface area contributed by atoms with Crippen LogP contribution in [-0.4, -0.2) is 37.4 Å². The monoisotopic (exact) mass is 500 g/mol. The van der Waals surface area contributed by atoms with Crippen LogP contribution in [0, 0.1) is 0 Å². The van der Waals surface area contributed by atoms with Crippen LogP contribution in [-0.2, 0) is 13.1 Å². The number of nitrogens with zero attached hydrogens (tertiary/aromatic N) is 2. The fraction of sp³-hybridized carbons (Fsp3) is 0.300. The zero-order valence-corrected chi connectivity index (χ0v) is 18.9. The van der Waals surface area contributed by atoms with Crippen LogP contribution in [0.2, 0.25) is 5.02 Å². The van der Waals surface area contributed by atoms with Crippen LogP contribution < -0.4 is 10.6 Å². The molecule has 0 aliphatic rings. The van der Waals surface area contributed by atoms with Crippen molar-refractivity contribution < 1.29 is 4.79 Å². The summed E-state index contributed by atoms with van der Waals surface area (Å²) in [5, 5.41) is 6.87. The molecular formula is C20H26ClIN4O. The second kappa shape index (κ2) is 11.8. The van der Waals surface area contributed by atoms with Gasteiger partial charge < -0.3 is 15.5 Å². The standard InChI is InChI=1S/C20H25ClN4O.HI/c1-4-23-19(26)16-11-9-15(10-12-16)13-24-20(22-2)25(3)14-17-7-5-6-8-18(17)21;/h5-12H,4,13-14H2,1-3H3,(H,22,24)(H,23,26);1H. The van der Waals surface area contributed by atoms with Gasteiger partial charge >= 0.3 is 0 Å². The van der Waals surface area contributed by atoms with Gasteiger partial charge in [-0.15, -0.1) is 24.0 Å². The van der Waals surface area contributed by atoms with Gasteiger partial charge in [0.15, 0.2) is 5.96 Å². The van der Waals surface area contributed by atoms with Crippen molar-refractivity contribution in [3.05, 3.63) is 70.2 Å². The van der Waals surface area contributed by atoms with E-state index in [1.54, 1.807) is 7.05 Å². The highest BCUT2D eigenvalue weighted by Crippen LogP contribution is 2.16. The quantitative estimate of drug-likeness (QED) is 0.359. The number of amides is 1. The molecule has 0 radical (unpaired) electrons. The summed E-state index contributed by atoms with van der Waals surface area (Å²) in [4.78, 5) is 18.1. The van der Waals surface area contributed by atoms with E-state index in [-0.39, 0.29) is 29.9 Å².